The molecule has 1 N–H and O–H groups in total. The molecule has 6 nitrogen and oxygen atoms in total. The standard InChI is InChI=1S/C19H17F2N5O/c1-3-10(2)18-25-17-19(23-7-6-22-17)26(18)9-11-8-14(27)24-16-12(11)4-5-13(20)15(16)21/h4-8,10H,3,9H2,1-2H3,(H,24,27). The fourth-order valence-corrected chi connectivity index (χ4v) is 3.22. The number of benzene rings is 1. The molecule has 0 radical (unpaired) electrons. The van der Waals surface area contributed by atoms with Gasteiger partial charge in [0.05, 0.1) is 12.1 Å². The van der Waals surface area contributed by atoms with Gasteiger partial charge in [-0.15, -0.1) is 0 Å². The largest absolute Gasteiger partial charge is 0.319 e. The first-order valence-electron chi connectivity index (χ1n) is 8.66. The Morgan fingerprint density at radius 1 is 1.22 bits per heavy atom. The number of hydrogen-bond acceptors (Lipinski definition) is 4. The molecule has 0 spiro atoms. The number of fused-ring (bicyclic) bond motifs is 2. The summed E-state index contributed by atoms with van der Waals surface area (Å²) in [6.45, 7) is 4.35. The van der Waals surface area contributed by atoms with Crippen LogP contribution in [0.5, 0.6) is 0 Å². The second kappa shape index (κ2) is 6.53. The van der Waals surface area contributed by atoms with Crippen molar-refractivity contribution >= 4 is 22.2 Å². The summed E-state index contributed by atoms with van der Waals surface area (Å²) < 4.78 is 29.6. The zero-order valence-corrected chi connectivity index (χ0v) is 14.8. The lowest BCUT2D eigenvalue weighted by atomic mass is 10.1. The Balaban J connectivity index is 1.95. The molecule has 8 heteroatoms. The number of pyridine rings is 1. The molecule has 1 unspecified atom stereocenters. The number of rotatable bonds is 4. The van der Waals surface area contributed by atoms with Crippen LogP contribution in [0.4, 0.5) is 8.78 Å². The zero-order chi connectivity index (χ0) is 19.1. The summed E-state index contributed by atoms with van der Waals surface area (Å²) in [6, 6.07) is 3.91. The summed E-state index contributed by atoms with van der Waals surface area (Å²) in [5, 5.41) is 0.439. The molecule has 0 amide bonds. The van der Waals surface area contributed by atoms with Crippen molar-refractivity contribution in [2.24, 2.45) is 0 Å². The third-order valence-electron chi connectivity index (χ3n) is 4.79. The zero-order valence-electron chi connectivity index (χ0n) is 14.8. The minimum atomic E-state index is -1.07. The molecule has 3 heterocycles. The van der Waals surface area contributed by atoms with Gasteiger partial charge in [-0.25, -0.2) is 23.7 Å². The maximum atomic E-state index is 14.2. The normalized spacial score (nSPS) is 12.7. The molecule has 0 saturated carbocycles. The Morgan fingerprint density at radius 3 is 2.78 bits per heavy atom. The van der Waals surface area contributed by atoms with Gasteiger partial charge in [-0.05, 0) is 24.1 Å². The summed E-state index contributed by atoms with van der Waals surface area (Å²) in [5.41, 5.74) is 1.02. The lowest BCUT2D eigenvalue weighted by Gasteiger charge is -2.14. The molecule has 0 aliphatic carbocycles. The molecule has 1 atom stereocenters. The van der Waals surface area contributed by atoms with E-state index in [9.17, 15) is 13.6 Å². The van der Waals surface area contributed by atoms with Crippen LogP contribution in [-0.2, 0) is 6.54 Å². The Hall–Kier alpha value is -3.16. The first kappa shape index (κ1) is 17.3. The van der Waals surface area contributed by atoms with Crippen molar-refractivity contribution in [3.8, 4) is 0 Å². The molecular weight excluding hydrogens is 352 g/mol. The van der Waals surface area contributed by atoms with Gasteiger partial charge in [0.25, 0.3) is 0 Å². The SMILES string of the molecule is CCC(C)c1nc2nccnc2n1Cc1cc(=O)[nH]c2c(F)c(F)ccc12. The number of aromatic nitrogens is 5. The van der Waals surface area contributed by atoms with Crippen LogP contribution in [0, 0.1) is 11.6 Å². The lowest BCUT2D eigenvalue weighted by Crippen LogP contribution is -2.13. The smallest absolute Gasteiger partial charge is 0.248 e. The van der Waals surface area contributed by atoms with E-state index >= 15 is 0 Å². The molecule has 4 rings (SSSR count). The number of nitrogens with zero attached hydrogens (tertiary/aromatic N) is 4. The number of imidazole rings is 1. The van der Waals surface area contributed by atoms with E-state index in [1.807, 2.05) is 11.5 Å². The number of aromatic amines is 1. The van der Waals surface area contributed by atoms with Crippen LogP contribution in [0.15, 0.2) is 35.4 Å². The molecule has 4 aromatic rings. The van der Waals surface area contributed by atoms with Crippen LogP contribution >= 0.6 is 0 Å². The molecule has 3 aromatic heterocycles. The van der Waals surface area contributed by atoms with Crippen molar-refractivity contribution < 1.29 is 8.78 Å². The quantitative estimate of drug-likeness (QED) is 0.597. The fourth-order valence-electron chi connectivity index (χ4n) is 3.22. The third-order valence-corrected chi connectivity index (χ3v) is 4.79. The van der Waals surface area contributed by atoms with E-state index in [0.29, 0.717) is 22.2 Å². The summed E-state index contributed by atoms with van der Waals surface area (Å²) >= 11 is 0. The molecule has 0 aliphatic heterocycles. The highest BCUT2D eigenvalue weighted by molar-refractivity contribution is 5.82. The van der Waals surface area contributed by atoms with Gasteiger partial charge in [-0.1, -0.05) is 13.8 Å². The highest BCUT2D eigenvalue weighted by Crippen LogP contribution is 2.26. The van der Waals surface area contributed by atoms with E-state index in [4.69, 9.17) is 0 Å². The molecule has 0 saturated heterocycles. The van der Waals surface area contributed by atoms with E-state index in [0.717, 1.165) is 18.3 Å². The van der Waals surface area contributed by atoms with Crippen molar-refractivity contribution in [3.63, 3.8) is 0 Å². The minimum absolute atomic E-state index is 0.141. The molecule has 138 valence electrons. The number of halogens is 2. The predicted octanol–water partition coefficient (Wildman–Crippen LogP) is 3.51. The number of H-pyrrole nitrogens is 1. The monoisotopic (exact) mass is 369 g/mol. The van der Waals surface area contributed by atoms with Crippen LogP contribution in [0.3, 0.4) is 0 Å². The molecule has 0 aliphatic rings. The van der Waals surface area contributed by atoms with Crippen molar-refractivity contribution in [2.75, 3.05) is 0 Å². The van der Waals surface area contributed by atoms with E-state index < -0.39 is 17.2 Å². The van der Waals surface area contributed by atoms with Crippen molar-refractivity contribution in [2.45, 2.75) is 32.7 Å². The van der Waals surface area contributed by atoms with Crippen LogP contribution in [-0.4, -0.2) is 24.5 Å². The second-order valence-electron chi connectivity index (χ2n) is 6.51. The molecule has 0 fully saturated rings. The number of hydrogen-bond donors (Lipinski definition) is 1. The maximum absolute atomic E-state index is 14.2. The topological polar surface area (TPSA) is 76.5 Å². The maximum Gasteiger partial charge on any atom is 0.248 e. The van der Waals surface area contributed by atoms with Gasteiger partial charge < -0.3 is 9.55 Å². The number of nitrogens with one attached hydrogen (secondary N) is 1. The first-order chi connectivity index (χ1) is 13.0. The second-order valence-corrected chi connectivity index (χ2v) is 6.51. The van der Waals surface area contributed by atoms with Gasteiger partial charge in [0, 0.05) is 29.8 Å². The van der Waals surface area contributed by atoms with Crippen LogP contribution in [0.1, 0.15) is 37.6 Å². The van der Waals surface area contributed by atoms with Gasteiger partial charge in [0.1, 0.15) is 5.82 Å². The van der Waals surface area contributed by atoms with Gasteiger partial charge in [-0.2, -0.15) is 0 Å². The van der Waals surface area contributed by atoms with Gasteiger partial charge >= 0.3 is 0 Å². The molecular formula is C19H17F2N5O. The van der Waals surface area contributed by atoms with E-state index in [-0.39, 0.29) is 18.0 Å². The average molecular weight is 369 g/mol. The van der Waals surface area contributed by atoms with Crippen molar-refractivity contribution in [1.29, 1.82) is 0 Å². The Bertz CT molecular complexity index is 1210. The van der Waals surface area contributed by atoms with E-state index in [2.05, 4.69) is 26.9 Å². The van der Waals surface area contributed by atoms with Crippen molar-refractivity contribution in [1.82, 2.24) is 24.5 Å². The summed E-state index contributed by atoms with van der Waals surface area (Å²) in [7, 11) is 0. The van der Waals surface area contributed by atoms with E-state index in [1.165, 1.54) is 12.1 Å². The van der Waals surface area contributed by atoms with Gasteiger partial charge in [0.2, 0.25) is 5.56 Å². The first-order valence-corrected chi connectivity index (χ1v) is 8.66. The predicted molar refractivity (Wildman–Crippen MR) is 97.6 cm³/mol. The lowest BCUT2D eigenvalue weighted by molar-refractivity contribution is 0.515. The van der Waals surface area contributed by atoms with Crippen LogP contribution < -0.4 is 5.56 Å². The minimum Gasteiger partial charge on any atom is -0.319 e. The van der Waals surface area contributed by atoms with Crippen LogP contribution in [0.25, 0.3) is 22.2 Å². The summed E-state index contributed by atoms with van der Waals surface area (Å²) in [6.07, 6.45) is 4.01. The third kappa shape index (κ3) is 2.87. The molecule has 1 aromatic carbocycles. The summed E-state index contributed by atoms with van der Waals surface area (Å²) in [5.74, 6) is -1.14. The molecule has 0 bridgehead atoms. The highest BCUT2D eigenvalue weighted by atomic mass is 19.2. The van der Waals surface area contributed by atoms with Crippen LogP contribution in [0.2, 0.25) is 0 Å². The van der Waals surface area contributed by atoms with Gasteiger partial charge in [-0.3, -0.25) is 4.79 Å². The van der Waals surface area contributed by atoms with E-state index in [1.54, 1.807) is 12.4 Å². The highest BCUT2D eigenvalue weighted by Gasteiger charge is 2.19. The Morgan fingerprint density at radius 2 is 2.00 bits per heavy atom. The fraction of sp³-hybridized carbons (Fsp3) is 0.263. The summed E-state index contributed by atoms with van der Waals surface area (Å²) in [4.78, 5) is 27.6. The Kier molecular flexibility index (Phi) is 4.18. The average Bonchev–Trinajstić information content (AvgIpc) is 3.03. The Labute approximate surface area is 152 Å². The van der Waals surface area contributed by atoms with Gasteiger partial charge in [0.15, 0.2) is 22.9 Å². The molecule has 27 heavy (non-hydrogen) atoms. The van der Waals surface area contributed by atoms with Crippen molar-refractivity contribution in [3.05, 3.63) is 64.0 Å².